The monoisotopic (exact) mass is 229 g/mol. The van der Waals surface area contributed by atoms with Crippen molar-refractivity contribution in [2.24, 2.45) is 0 Å². The van der Waals surface area contributed by atoms with Crippen LogP contribution in [0.15, 0.2) is 36.7 Å². The van der Waals surface area contributed by atoms with Gasteiger partial charge < -0.3 is 9.88 Å². The molecule has 0 bridgehead atoms. The minimum Gasteiger partial charge on any atom is -0.325 e. The smallest absolute Gasteiger partial charge is 0.244 e. The molecule has 1 aromatic carbocycles. The second kappa shape index (κ2) is 4.82. The number of hydrogen-bond donors (Lipinski definition) is 1. The van der Waals surface area contributed by atoms with Crippen molar-refractivity contribution in [3.63, 3.8) is 0 Å². The zero-order chi connectivity index (χ0) is 12.3. The van der Waals surface area contributed by atoms with Crippen LogP contribution in [-0.4, -0.2) is 15.5 Å². The lowest BCUT2D eigenvalue weighted by atomic mass is 10.3. The third-order valence-corrected chi connectivity index (χ3v) is 2.72. The van der Waals surface area contributed by atoms with Crippen molar-refractivity contribution in [3.8, 4) is 0 Å². The molecule has 2 aromatic rings. The van der Waals surface area contributed by atoms with Gasteiger partial charge in [0.15, 0.2) is 0 Å². The molecule has 1 heterocycles. The second-order valence-electron chi connectivity index (χ2n) is 3.96. The highest BCUT2D eigenvalue weighted by Crippen LogP contribution is 2.07. The molecule has 0 saturated heterocycles. The van der Waals surface area contributed by atoms with Crippen LogP contribution in [0.3, 0.4) is 0 Å². The van der Waals surface area contributed by atoms with E-state index in [0.29, 0.717) is 6.54 Å². The van der Waals surface area contributed by atoms with E-state index in [4.69, 9.17) is 0 Å². The maximum absolute atomic E-state index is 11.8. The molecule has 0 fully saturated rings. The van der Waals surface area contributed by atoms with Crippen molar-refractivity contribution in [1.29, 1.82) is 0 Å². The van der Waals surface area contributed by atoms with E-state index in [1.54, 1.807) is 6.33 Å². The molecule has 1 aromatic heterocycles. The number of carbonyl (C=O) groups excluding carboxylic acids is 1. The highest BCUT2D eigenvalue weighted by Gasteiger charge is 2.07. The van der Waals surface area contributed by atoms with Crippen LogP contribution >= 0.6 is 0 Å². The number of imidazole rings is 1. The average molecular weight is 229 g/mol. The first-order valence-electron chi connectivity index (χ1n) is 5.50. The van der Waals surface area contributed by atoms with E-state index in [9.17, 15) is 4.79 Å². The van der Waals surface area contributed by atoms with Gasteiger partial charge in [-0.1, -0.05) is 18.2 Å². The summed E-state index contributed by atoms with van der Waals surface area (Å²) < 4.78 is 1.84. The van der Waals surface area contributed by atoms with Crippen molar-refractivity contribution in [2.45, 2.75) is 20.4 Å². The van der Waals surface area contributed by atoms with Gasteiger partial charge in [0, 0.05) is 11.4 Å². The number of benzene rings is 1. The number of anilines is 1. The van der Waals surface area contributed by atoms with Gasteiger partial charge in [0.05, 0.1) is 12.0 Å². The molecule has 2 rings (SSSR count). The summed E-state index contributed by atoms with van der Waals surface area (Å²) in [4.78, 5) is 15.9. The Bertz CT molecular complexity index is 517. The van der Waals surface area contributed by atoms with Gasteiger partial charge in [-0.25, -0.2) is 4.98 Å². The number of aryl methyl sites for hydroxylation is 1. The summed E-state index contributed by atoms with van der Waals surface area (Å²) in [5, 5.41) is 2.84. The van der Waals surface area contributed by atoms with Gasteiger partial charge in [-0.2, -0.15) is 0 Å². The summed E-state index contributed by atoms with van der Waals surface area (Å²) in [6, 6.07) is 9.43. The quantitative estimate of drug-likeness (QED) is 0.876. The predicted octanol–water partition coefficient (Wildman–Crippen LogP) is 2.14. The molecule has 17 heavy (non-hydrogen) atoms. The Balaban J connectivity index is 2.01. The summed E-state index contributed by atoms with van der Waals surface area (Å²) in [7, 11) is 0. The second-order valence-corrected chi connectivity index (χ2v) is 3.96. The Morgan fingerprint density at radius 1 is 1.29 bits per heavy atom. The zero-order valence-electron chi connectivity index (χ0n) is 9.97. The standard InChI is InChI=1S/C13H15N3O/c1-10-11(2)16(9-14-10)8-13(17)15-12-6-4-3-5-7-12/h3-7,9H,8H2,1-2H3,(H,15,17). The average Bonchev–Trinajstić information content (AvgIpc) is 2.62. The van der Waals surface area contributed by atoms with Gasteiger partial charge in [0.1, 0.15) is 6.54 Å². The molecule has 1 amide bonds. The van der Waals surface area contributed by atoms with Gasteiger partial charge in [0.2, 0.25) is 5.91 Å². The molecule has 0 saturated carbocycles. The summed E-state index contributed by atoms with van der Waals surface area (Å²) in [5.74, 6) is -0.0447. The third kappa shape index (κ3) is 2.72. The summed E-state index contributed by atoms with van der Waals surface area (Å²) >= 11 is 0. The minimum absolute atomic E-state index is 0.0447. The van der Waals surface area contributed by atoms with Gasteiger partial charge in [-0.15, -0.1) is 0 Å². The largest absolute Gasteiger partial charge is 0.325 e. The van der Waals surface area contributed by atoms with Crippen LogP contribution in [0.25, 0.3) is 0 Å². The Kier molecular flexibility index (Phi) is 3.23. The molecule has 0 unspecified atom stereocenters. The van der Waals surface area contributed by atoms with Crippen LogP contribution in [0.1, 0.15) is 11.4 Å². The fourth-order valence-corrected chi connectivity index (χ4v) is 1.58. The Morgan fingerprint density at radius 3 is 2.59 bits per heavy atom. The highest BCUT2D eigenvalue weighted by atomic mass is 16.1. The van der Waals surface area contributed by atoms with Gasteiger partial charge in [-0.3, -0.25) is 4.79 Å². The Morgan fingerprint density at radius 2 is 2.00 bits per heavy atom. The first kappa shape index (κ1) is 11.4. The summed E-state index contributed by atoms with van der Waals surface area (Å²) in [6.07, 6.45) is 1.69. The number of rotatable bonds is 3. The maximum atomic E-state index is 11.8. The molecule has 1 N–H and O–H groups in total. The topological polar surface area (TPSA) is 46.9 Å². The molecule has 0 spiro atoms. The normalized spacial score (nSPS) is 10.2. The first-order valence-corrected chi connectivity index (χ1v) is 5.50. The van der Waals surface area contributed by atoms with E-state index in [0.717, 1.165) is 17.1 Å². The van der Waals surface area contributed by atoms with Crippen LogP contribution in [0.4, 0.5) is 5.69 Å². The molecule has 4 nitrogen and oxygen atoms in total. The fraction of sp³-hybridized carbons (Fsp3) is 0.231. The van der Waals surface area contributed by atoms with Crippen LogP contribution in [0, 0.1) is 13.8 Å². The van der Waals surface area contributed by atoms with E-state index in [2.05, 4.69) is 10.3 Å². The number of aromatic nitrogens is 2. The van der Waals surface area contributed by atoms with Gasteiger partial charge in [0.25, 0.3) is 0 Å². The highest BCUT2D eigenvalue weighted by molar-refractivity contribution is 5.90. The van der Waals surface area contributed by atoms with Crippen molar-refractivity contribution >= 4 is 11.6 Å². The van der Waals surface area contributed by atoms with E-state index < -0.39 is 0 Å². The summed E-state index contributed by atoms with van der Waals surface area (Å²) in [6.45, 7) is 4.18. The number of carbonyl (C=O) groups is 1. The number of nitrogens with zero attached hydrogens (tertiary/aromatic N) is 2. The lowest BCUT2D eigenvalue weighted by Crippen LogP contribution is -2.18. The molecule has 88 valence electrons. The molecular formula is C13H15N3O. The lowest BCUT2D eigenvalue weighted by molar-refractivity contribution is -0.116. The van der Waals surface area contributed by atoms with Crippen molar-refractivity contribution in [2.75, 3.05) is 5.32 Å². The number of amides is 1. The molecule has 0 aliphatic carbocycles. The summed E-state index contributed by atoms with van der Waals surface area (Å²) in [5.41, 5.74) is 2.79. The van der Waals surface area contributed by atoms with Crippen molar-refractivity contribution < 1.29 is 4.79 Å². The lowest BCUT2D eigenvalue weighted by Gasteiger charge is -2.07. The molecule has 0 radical (unpaired) electrons. The van der Waals surface area contributed by atoms with E-state index in [1.165, 1.54) is 0 Å². The van der Waals surface area contributed by atoms with Crippen molar-refractivity contribution in [1.82, 2.24) is 9.55 Å². The Hall–Kier alpha value is -2.10. The van der Waals surface area contributed by atoms with Crippen LogP contribution in [0.5, 0.6) is 0 Å². The molecular weight excluding hydrogens is 214 g/mol. The van der Waals surface area contributed by atoms with E-state index in [1.807, 2.05) is 48.7 Å². The maximum Gasteiger partial charge on any atom is 0.244 e. The first-order chi connectivity index (χ1) is 8.16. The fourth-order valence-electron chi connectivity index (χ4n) is 1.58. The van der Waals surface area contributed by atoms with Gasteiger partial charge >= 0.3 is 0 Å². The van der Waals surface area contributed by atoms with Crippen LogP contribution < -0.4 is 5.32 Å². The van der Waals surface area contributed by atoms with Crippen molar-refractivity contribution in [3.05, 3.63) is 48.0 Å². The number of nitrogens with one attached hydrogen (secondary N) is 1. The van der Waals surface area contributed by atoms with Gasteiger partial charge in [-0.05, 0) is 26.0 Å². The Labute approximate surface area is 100 Å². The van der Waals surface area contributed by atoms with Crippen LogP contribution in [-0.2, 0) is 11.3 Å². The zero-order valence-corrected chi connectivity index (χ0v) is 9.97. The van der Waals surface area contributed by atoms with E-state index >= 15 is 0 Å². The van der Waals surface area contributed by atoms with Crippen LogP contribution in [0.2, 0.25) is 0 Å². The minimum atomic E-state index is -0.0447. The number of hydrogen-bond acceptors (Lipinski definition) is 2. The number of para-hydroxylation sites is 1. The molecule has 4 heteroatoms. The SMILES string of the molecule is Cc1ncn(CC(=O)Nc2ccccc2)c1C. The third-order valence-electron chi connectivity index (χ3n) is 2.72. The molecule has 0 aliphatic heterocycles. The molecule has 0 atom stereocenters. The molecule has 0 aliphatic rings. The van der Waals surface area contributed by atoms with E-state index in [-0.39, 0.29) is 5.91 Å². The predicted molar refractivity (Wildman–Crippen MR) is 66.8 cm³/mol.